The van der Waals surface area contributed by atoms with Gasteiger partial charge in [0.05, 0.1) is 6.10 Å². The Morgan fingerprint density at radius 3 is 2.45 bits per heavy atom. The van der Waals surface area contributed by atoms with Crippen LogP contribution in [-0.4, -0.2) is 49.3 Å². The molecule has 20 heavy (non-hydrogen) atoms. The number of hydrogen-bond donors (Lipinski definition) is 1. The van der Waals surface area contributed by atoms with Gasteiger partial charge in [-0.25, -0.2) is 0 Å². The fourth-order valence-corrected chi connectivity index (χ4v) is 4.35. The van der Waals surface area contributed by atoms with Gasteiger partial charge in [0.2, 0.25) is 0 Å². The minimum Gasteiger partial charge on any atom is -0.381 e. The van der Waals surface area contributed by atoms with Crippen LogP contribution >= 0.6 is 0 Å². The normalized spacial score (nSPS) is 34.2. The molecular formula is C17H34N2O. The first-order valence-corrected chi connectivity index (χ1v) is 8.54. The summed E-state index contributed by atoms with van der Waals surface area (Å²) in [5.74, 6) is 1.69. The molecule has 1 N–H and O–H groups in total. The van der Waals surface area contributed by atoms with Crippen LogP contribution < -0.4 is 5.32 Å². The van der Waals surface area contributed by atoms with Crippen LogP contribution in [0.3, 0.4) is 0 Å². The Hall–Kier alpha value is -0.120. The Morgan fingerprint density at radius 2 is 1.85 bits per heavy atom. The van der Waals surface area contributed by atoms with E-state index in [0.717, 1.165) is 17.9 Å². The minimum atomic E-state index is 0.505. The smallest absolute Gasteiger partial charge is 0.0575 e. The van der Waals surface area contributed by atoms with E-state index in [0.29, 0.717) is 18.2 Å². The standard InChI is InChI=1S/C17H34N2O/c1-12(2)19(13(3)4)9-8-14-11-18-17-7-6-15(20-5)10-16(14)17/h12-18H,6-11H2,1-5H3. The van der Waals surface area contributed by atoms with Gasteiger partial charge in [0, 0.05) is 25.2 Å². The Kier molecular flexibility index (Phi) is 5.88. The topological polar surface area (TPSA) is 24.5 Å². The van der Waals surface area contributed by atoms with Gasteiger partial charge in [-0.3, -0.25) is 4.90 Å². The Bertz CT molecular complexity index is 285. The molecule has 118 valence electrons. The van der Waals surface area contributed by atoms with E-state index in [1.807, 2.05) is 7.11 Å². The van der Waals surface area contributed by atoms with Gasteiger partial charge in [-0.1, -0.05) is 0 Å². The summed E-state index contributed by atoms with van der Waals surface area (Å²) in [7, 11) is 1.88. The van der Waals surface area contributed by atoms with Gasteiger partial charge in [0.1, 0.15) is 0 Å². The van der Waals surface area contributed by atoms with Gasteiger partial charge < -0.3 is 10.1 Å². The highest BCUT2D eigenvalue weighted by molar-refractivity contribution is 4.95. The summed E-state index contributed by atoms with van der Waals surface area (Å²) in [6.07, 6.45) is 5.65. The van der Waals surface area contributed by atoms with Crippen molar-refractivity contribution in [3.05, 3.63) is 0 Å². The molecule has 1 aliphatic heterocycles. The molecule has 1 aliphatic carbocycles. The molecule has 0 aromatic heterocycles. The SMILES string of the molecule is COC1CCC2NCC(CCN(C(C)C)C(C)C)C2C1. The van der Waals surface area contributed by atoms with E-state index in [1.165, 1.54) is 38.8 Å². The van der Waals surface area contributed by atoms with Crippen molar-refractivity contribution in [2.24, 2.45) is 11.8 Å². The second-order valence-electron chi connectivity index (χ2n) is 7.32. The number of rotatable bonds is 6. The molecule has 2 aliphatic rings. The van der Waals surface area contributed by atoms with Gasteiger partial charge in [0.25, 0.3) is 0 Å². The predicted octanol–water partition coefficient (Wildman–Crippen LogP) is 2.90. The molecular weight excluding hydrogens is 248 g/mol. The third-order valence-electron chi connectivity index (χ3n) is 5.52. The highest BCUT2D eigenvalue weighted by Gasteiger charge is 2.40. The fourth-order valence-electron chi connectivity index (χ4n) is 4.35. The number of ether oxygens (including phenoxy) is 1. The summed E-state index contributed by atoms with van der Waals surface area (Å²) in [4.78, 5) is 2.63. The summed E-state index contributed by atoms with van der Waals surface area (Å²) in [6.45, 7) is 11.7. The monoisotopic (exact) mass is 282 g/mol. The lowest BCUT2D eigenvalue weighted by Gasteiger charge is -2.35. The molecule has 0 amide bonds. The Morgan fingerprint density at radius 1 is 1.15 bits per heavy atom. The lowest BCUT2D eigenvalue weighted by atomic mass is 9.77. The van der Waals surface area contributed by atoms with Crippen molar-refractivity contribution in [1.29, 1.82) is 0 Å². The largest absolute Gasteiger partial charge is 0.381 e. The second-order valence-corrected chi connectivity index (χ2v) is 7.32. The fraction of sp³-hybridized carbons (Fsp3) is 1.00. The number of nitrogens with zero attached hydrogens (tertiary/aromatic N) is 1. The average Bonchev–Trinajstić information content (AvgIpc) is 2.80. The maximum Gasteiger partial charge on any atom is 0.0575 e. The molecule has 1 saturated heterocycles. The van der Waals surface area contributed by atoms with E-state index < -0.39 is 0 Å². The summed E-state index contributed by atoms with van der Waals surface area (Å²) < 4.78 is 5.61. The van der Waals surface area contributed by atoms with Gasteiger partial charge in [0.15, 0.2) is 0 Å². The molecule has 1 heterocycles. The molecule has 0 aromatic rings. The van der Waals surface area contributed by atoms with Crippen LogP contribution in [0.1, 0.15) is 53.4 Å². The summed E-state index contributed by atoms with van der Waals surface area (Å²) in [6, 6.07) is 2.06. The highest BCUT2D eigenvalue weighted by atomic mass is 16.5. The van der Waals surface area contributed by atoms with Crippen molar-refractivity contribution >= 4 is 0 Å². The molecule has 0 spiro atoms. The first-order valence-electron chi connectivity index (χ1n) is 8.54. The maximum absolute atomic E-state index is 5.61. The second kappa shape index (κ2) is 7.24. The van der Waals surface area contributed by atoms with Gasteiger partial charge in [-0.15, -0.1) is 0 Å². The molecule has 4 atom stereocenters. The first-order chi connectivity index (χ1) is 9.52. The first kappa shape index (κ1) is 16.3. The molecule has 2 rings (SSSR count). The Labute approximate surface area is 125 Å². The van der Waals surface area contributed by atoms with Crippen molar-refractivity contribution in [1.82, 2.24) is 10.2 Å². The van der Waals surface area contributed by atoms with Gasteiger partial charge in [-0.2, -0.15) is 0 Å². The van der Waals surface area contributed by atoms with Crippen molar-refractivity contribution in [3.8, 4) is 0 Å². The van der Waals surface area contributed by atoms with Gasteiger partial charge >= 0.3 is 0 Å². The van der Waals surface area contributed by atoms with Crippen molar-refractivity contribution in [2.45, 2.75) is 77.6 Å². The van der Waals surface area contributed by atoms with E-state index >= 15 is 0 Å². The minimum absolute atomic E-state index is 0.505. The molecule has 0 aromatic carbocycles. The van der Waals surface area contributed by atoms with Gasteiger partial charge in [-0.05, 0) is 78.3 Å². The van der Waals surface area contributed by atoms with Crippen LogP contribution in [0, 0.1) is 11.8 Å². The van der Waals surface area contributed by atoms with E-state index in [4.69, 9.17) is 4.74 Å². The lowest BCUT2D eigenvalue weighted by Crippen LogP contribution is -2.40. The quantitative estimate of drug-likeness (QED) is 0.811. The number of nitrogens with one attached hydrogen (secondary N) is 1. The number of hydrogen-bond acceptors (Lipinski definition) is 3. The van der Waals surface area contributed by atoms with E-state index in [-0.39, 0.29) is 0 Å². The Balaban J connectivity index is 1.86. The summed E-state index contributed by atoms with van der Waals surface area (Å²) in [5, 5.41) is 3.76. The lowest BCUT2D eigenvalue weighted by molar-refractivity contribution is 0.0362. The van der Waals surface area contributed by atoms with Crippen molar-refractivity contribution in [3.63, 3.8) is 0 Å². The van der Waals surface area contributed by atoms with E-state index in [9.17, 15) is 0 Å². The number of methoxy groups -OCH3 is 1. The van der Waals surface area contributed by atoms with E-state index in [1.54, 1.807) is 0 Å². The highest BCUT2D eigenvalue weighted by Crippen LogP contribution is 2.37. The average molecular weight is 282 g/mol. The molecule has 3 heteroatoms. The third kappa shape index (κ3) is 3.75. The molecule has 2 fully saturated rings. The summed E-state index contributed by atoms with van der Waals surface area (Å²) >= 11 is 0. The molecule has 3 nitrogen and oxygen atoms in total. The number of fused-ring (bicyclic) bond motifs is 1. The van der Waals surface area contributed by atoms with Crippen LogP contribution in [0.2, 0.25) is 0 Å². The molecule has 4 unspecified atom stereocenters. The van der Waals surface area contributed by atoms with Crippen molar-refractivity contribution < 1.29 is 4.74 Å². The van der Waals surface area contributed by atoms with E-state index in [2.05, 4.69) is 37.9 Å². The third-order valence-corrected chi connectivity index (χ3v) is 5.52. The van der Waals surface area contributed by atoms with Crippen molar-refractivity contribution in [2.75, 3.05) is 20.2 Å². The summed E-state index contributed by atoms with van der Waals surface area (Å²) in [5.41, 5.74) is 0. The van der Waals surface area contributed by atoms with Crippen LogP contribution in [-0.2, 0) is 4.74 Å². The zero-order chi connectivity index (χ0) is 14.7. The van der Waals surface area contributed by atoms with Crippen LogP contribution in [0.25, 0.3) is 0 Å². The molecule has 0 radical (unpaired) electrons. The predicted molar refractivity (Wildman–Crippen MR) is 85.0 cm³/mol. The maximum atomic E-state index is 5.61. The zero-order valence-corrected chi connectivity index (χ0v) is 14.1. The van der Waals surface area contributed by atoms with Crippen LogP contribution in [0.5, 0.6) is 0 Å². The van der Waals surface area contributed by atoms with Crippen LogP contribution in [0.15, 0.2) is 0 Å². The molecule has 0 bridgehead atoms. The zero-order valence-electron chi connectivity index (χ0n) is 14.1. The molecule has 1 saturated carbocycles. The van der Waals surface area contributed by atoms with Crippen LogP contribution in [0.4, 0.5) is 0 Å².